The van der Waals surface area contributed by atoms with Crippen molar-refractivity contribution in [2.75, 3.05) is 31.2 Å². The standard InChI is InChI=1S/C20H20FN3O3/c21-16-11-14(5-6-18(16)24-7-9-26-10-8-24)13-22-20(25)12-17-15-3-1-2-4-19(15)27-23-17/h1-6,11H,7-10,12-13H2,(H,22,25). The van der Waals surface area contributed by atoms with E-state index in [1.807, 2.05) is 35.2 Å². The Labute approximate surface area is 155 Å². The van der Waals surface area contributed by atoms with Gasteiger partial charge in [-0.3, -0.25) is 4.79 Å². The van der Waals surface area contributed by atoms with E-state index in [0.29, 0.717) is 48.8 Å². The average Bonchev–Trinajstić information content (AvgIpc) is 3.10. The first-order valence-electron chi connectivity index (χ1n) is 8.92. The van der Waals surface area contributed by atoms with Crippen LogP contribution in [0.4, 0.5) is 10.1 Å². The third kappa shape index (κ3) is 3.93. The summed E-state index contributed by atoms with van der Waals surface area (Å²) in [6.07, 6.45) is 0.116. The molecule has 1 fully saturated rings. The summed E-state index contributed by atoms with van der Waals surface area (Å²) in [5.41, 5.74) is 2.53. The molecule has 0 atom stereocenters. The van der Waals surface area contributed by atoms with Crippen molar-refractivity contribution in [1.82, 2.24) is 10.5 Å². The molecule has 1 aliphatic rings. The number of amides is 1. The van der Waals surface area contributed by atoms with Crippen molar-refractivity contribution in [1.29, 1.82) is 0 Å². The number of rotatable bonds is 5. The number of nitrogens with zero attached hydrogens (tertiary/aromatic N) is 2. The van der Waals surface area contributed by atoms with E-state index < -0.39 is 0 Å². The highest BCUT2D eigenvalue weighted by atomic mass is 19.1. The van der Waals surface area contributed by atoms with Crippen molar-refractivity contribution >= 4 is 22.6 Å². The zero-order valence-corrected chi connectivity index (χ0v) is 14.8. The lowest BCUT2D eigenvalue weighted by Gasteiger charge is -2.29. The van der Waals surface area contributed by atoms with Gasteiger partial charge in [-0.25, -0.2) is 4.39 Å². The highest BCUT2D eigenvalue weighted by Crippen LogP contribution is 2.22. The predicted octanol–water partition coefficient (Wildman–Crippen LogP) is 2.66. The normalized spacial score (nSPS) is 14.5. The maximum absolute atomic E-state index is 14.4. The predicted molar refractivity (Wildman–Crippen MR) is 99.0 cm³/mol. The van der Waals surface area contributed by atoms with E-state index in [0.717, 1.165) is 5.39 Å². The number of anilines is 1. The van der Waals surface area contributed by atoms with Gasteiger partial charge in [-0.1, -0.05) is 23.4 Å². The van der Waals surface area contributed by atoms with E-state index >= 15 is 0 Å². The summed E-state index contributed by atoms with van der Waals surface area (Å²) in [5.74, 6) is -0.474. The molecule has 27 heavy (non-hydrogen) atoms. The molecule has 0 saturated carbocycles. The Bertz CT molecular complexity index is 951. The SMILES string of the molecule is O=C(Cc1noc2ccccc12)NCc1ccc(N2CCOCC2)c(F)c1. The van der Waals surface area contributed by atoms with E-state index in [4.69, 9.17) is 9.26 Å². The second kappa shape index (κ2) is 7.75. The van der Waals surface area contributed by atoms with Crippen LogP contribution in [0.2, 0.25) is 0 Å². The first kappa shape index (κ1) is 17.5. The smallest absolute Gasteiger partial charge is 0.226 e. The van der Waals surface area contributed by atoms with Gasteiger partial charge in [0.1, 0.15) is 11.5 Å². The number of benzene rings is 2. The fraction of sp³-hybridized carbons (Fsp3) is 0.300. The van der Waals surface area contributed by atoms with E-state index in [-0.39, 0.29) is 24.7 Å². The Morgan fingerprint density at radius 2 is 2.00 bits per heavy atom. The van der Waals surface area contributed by atoms with Gasteiger partial charge in [-0.15, -0.1) is 0 Å². The lowest BCUT2D eigenvalue weighted by atomic mass is 10.1. The first-order chi connectivity index (χ1) is 13.2. The fourth-order valence-corrected chi connectivity index (χ4v) is 3.20. The molecule has 1 N–H and O–H groups in total. The van der Waals surface area contributed by atoms with Gasteiger partial charge in [-0.05, 0) is 29.8 Å². The topological polar surface area (TPSA) is 67.6 Å². The summed E-state index contributed by atoms with van der Waals surface area (Å²) in [6.45, 7) is 2.83. The largest absolute Gasteiger partial charge is 0.378 e. The van der Waals surface area contributed by atoms with Crippen molar-refractivity contribution in [3.8, 4) is 0 Å². The van der Waals surface area contributed by atoms with Crippen molar-refractivity contribution in [2.45, 2.75) is 13.0 Å². The number of aromatic nitrogens is 1. The second-order valence-corrected chi connectivity index (χ2v) is 6.46. The van der Waals surface area contributed by atoms with Crippen LogP contribution in [0.25, 0.3) is 11.0 Å². The van der Waals surface area contributed by atoms with Crippen LogP contribution in [0, 0.1) is 5.82 Å². The van der Waals surface area contributed by atoms with Crippen LogP contribution in [0.5, 0.6) is 0 Å². The Balaban J connectivity index is 1.36. The number of nitrogens with one attached hydrogen (secondary N) is 1. The molecule has 4 rings (SSSR count). The molecular formula is C20H20FN3O3. The second-order valence-electron chi connectivity index (χ2n) is 6.46. The van der Waals surface area contributed by atoms with E-state index in [1.54, 1.807) is 6.07 Å². The van der Waals surface area contributed by atoms with E-state index in [1.165, 1.54) is 6.07 Å². The van der Waals surface area contributed by atoms with E-state index in [9.17, 15) is 9.18 Å². The van der Waals surface area contributed by atoms with Crippen molar-refractivity contribution < 1.29 is 18.4 Å². The molecule has 1 amide bonds. The van der Waals surface area contributed by atoms with Gasteiger partial charge in [0.2, 0.25) is 5.91 Å². The summed E-state index contributed by atoms with van der Waals surface area (Å²) in [7, 11) is 0. The summed E-state index contributed by atoms with van der Waals surface area (Å²) >= 11 is 0. The van der Waals surface area contributed by atoms with Gasteiger partial charge in [0.15, 0.2) is 5.58 Å². The molecule has 1 saturated heterocycles. The molecule has 1 aliphatic heterocycles. The Hall–Kier alpha value is -2.93. The molecule has 2 heterocycles. The summed E-state index contributed by atoms with van der Waals surface area (Å²) in [5, 5.41) is 7.59. The first-order valence-corrected chi connectivity index (χ1v) is 8.92. The average molecular weight is 369 g/mol. The number of ether oxygens (including phenoxy) is 1. The number of carbonyl (C=O) groups excluding carboxylic acids is 1. The Kier molecular flexibility index (Phi) is 5.02. The maximum Gasteiger partial charge on any atom is 0.226 e. The molecule has 1 aromatic heterocycles. The van der Waals surface area contributed by atoms with Crippen LogP contribution < -0.4 is 10.2 Å². The fourth-order valence-electron chi connectivity index (χ4n) is 3.20. The number of hydrogen-bond acceptors (Lipinski definition) is 5. The quantitative estimate of drug-likeness (QED) is 0.749. The molecule has 0 unspecified atom stereocenters. The Morgan fingerprint density at radius 1 is 1.19 bits per heavy atom. The lowest BCUT2D eigenvalue weighted by molar-refractivity contribution is -0.120. The minimum absolute atomic E-state index is 0.116. The van der Waals surface area contributed by atoms with Crippen molar-refractivity contribution in [2.24, 2.45) is 0 Å². The van der Waals surface area contributed by atoms with Gasteiger partial charge in [-0.2, -0.15) is 0 Å². The highest BCUT2D eigenvalue weighted by Gasteiger charge is 2.16. The molecule has 0 radical (unpaired) electrons. The summed E-state index contributed by atoms with van der Waals surface area (Å²) < 4.78 is 24.9. The number of carbonyl (C=O) groups is 1. The third-order valence-corrected chi connectivity index (χ3v) is 4.63. The minimum Gasteiger partial charge on any atom is -0.378 e. The molecular weight excluding hydrogens is 349 g/mol. The van der Waals surface area contributed by atoms with Gasteiger partial charge in [0.05, 0.1) is 25.3 Å². The van der Waals surface area contributed by atoms with Crippen LogP contribution in [0.15, 0.2) is 47.0 Å². The monoisotopic (exact) mass is 369 g/mol. The number of fused-ring (bicyclic) bond motifs is 1. The highest BCUT2D eigenvalue weighted by molar-refractivity contribution is 5.86. The van der Waals surface area contributed by atoms with E-state index in [2.05, 4.69) is 10.5 Å². The number of halogens is 1. The molecule has 0 bridgehead atoms. The molecule has 0 aliphatic carbocycles. The van der Waals surface area contributed by atoms with Crippen molar-refractivity contribution in [3.05, 3.63) is 59.5 Å². The lowest BCUT2D eigenvalue weighted by Crippen LogP contribution is -2.36. The van der Waals surface area contributed by atoms with Gasteiger partial charge in [0, 0.05) is 25.0 Å². The van der Waals surface area contributed by atoms with Gasteiger partial charge in [0.25, 0.3) is 0 Å². The van der Waals surface area contributed by atoms with Crippen LogP contribution in [0.1, 0.15) is 11.3 Å². The zero-order chi connectivity index (χ0) is 18.6. The van der Waals surface area contributed by atoms with Gasteiger partial charge >= 0.3 is 0 Å². The van der Waals surface area contributed by atoms with Crippen LogP contribution in [0.3, 0.4) is 0 Å². The van der Waals surface area contributed by atoms with Crippen LogP contribution in [-0.4, -0.2) is 37.4 Å². The summed E-state index contributed by atoms with van der Waals surface area (Å²) in [4.78, 5) is 14.2. The maximum atomic E-state index is 14.4. The Morgan fingerprint density at radius 3 is 2.81 bits per heavy atom. The zero-order valence-electron chi connectivity index (χ0n) is 14.8. The van der Waals surface area contributed by atoms with Crippen LogP contribution in [-0.2, 0) is 22.5 Å². The van der Waals surface area contributed by atoms with Crippen molar-refractivity contribution in [3.63, 3.8) is 0 Å². The summed E-state index contributed by atoms with van der Waals surface area (Å²) in [6, 6.07) is 12.5. The van der Waals surface area contributed by atoms with Crippen LogP contribution >= 0.6 is 0 Å². The molecule has 7 heteroatoms. The molecule has 2 aromatic carbocycles. The molecule has 0 spiro atoms. The third-order valence-electron chi connectivity index (χ3n) is 4.63. The molecule has 3 aromatic rings. The number of morpholine rings is 1. The van der Waals surface area contributed by atoms with Gasteiger partial charge < -0.3 is 19.5 Å². The number of hydrogen-bond donors (Lipinski definition) is 1. The molecule has 6 nitrogen and oxygen atoms in total. The minimum atomic E-state index is -0.286. The molecule has 140 valence electrons. The number of para-hydroxylation sites is 1.